The summed E-state index contributed by atoms with van der Waals surface area (Å²) in [5.74, 6) is 1.13. The van der Waals surface area contributed by atoms with Gasteiger partial charge in [-0.3, -0.25) is 4.99 Å². The molecular formula is C27H34N4. The van der Waals surface area contributed by atoms with Gasteiger partial charge in [-0.25, -0.2) is 4.99 Å². The maximum absolute atomic E-state index is 4.58. The molecule has 1 aromatic heterocycles. The normalized spacial score (nSPS) is 25.9. The fraction of sp³-hybridized carbons (Fsp3) is 0.481. The lowest BCUT2D eigenvalue weighted by Gasteiger charge is -2.23. The van der Waals surface area contributed by atoms with Crippen LogP contribution >= 0.6 is 0 Å². The van der Waals surface area contributed by atoms with E-state index in [2.05, 4.69) is 71.4 Å². The topological polar surface area (TPSA) is 52.5 Å². The van der Waals surface area contributed by atoms with E-state index in [4.69, 9.17) is 0 Å². The van der Waals surface area contributed by atoms with Gasteiger partial charge in [0.05, 0.1) is 6.04 Å². The fourth-order valence-corrected chi connectivity index (χ4v) is 5.41. The Hall–Kier alpha value is -2.46. The van der Waals surface area contributed by atoms with Gasteiger partial charge in [-0.2, -0.15) is 0 Å². The third-order valence-corrected chi connectivity index (χ3v) is 7.15. The summed E-state index contributed by atoms with van der Waals surface area (Å²) in [6.07, 6.45) is 12.1. The van der Waals surface area contributed by atoms with E-state index in [1.165, 1.54) is 57.4 Å². The van der Waals surface area contributed by atoms with Crippen LogP contribution < -0.4 is 5.32 Å². The molecule has 4 heteroatoms. The number of nitrogens with one attached hydrogen (secondary N) is 2. The molecule has 2 bridgehead atoms. The fourth-order valence-electron chi connectivity index (χ4n) is 5.41. The first kappa shape index (κ1) is 20.4. The van der Waals surface area contributed by atoms with Crippen molar-refractivity contribution in [1.82, 2.24) is 10.3 Å². The van der Waals surface area contributed by atoms with Gasteiger partial charge in [0.15, 0.2) is 0 Å². The van der Waals surface area contributed by atoms with Gasteiger partial charge in [-0.1, -0.05) is 26.0 Å². The minimum Gasteiger partial charge on any atom is -0.354 e. The number of hydrogen-bond donors (Lipinski definition) is 2. The van der Waals surface area contributed by atoms with Crippen molar-refractivity contribution in [1.29, 1.82) is 0 Å². The van der Waals surface area contributed by atoms with Crippen LogP contribution in [0.4, 0.5) is 0 Å². The van der Waals surface area contributed by atoms with Crippen molar-refractivity contribution in [2.75, 3.05) is 13.1 Å². The lowest BCUT2D eigenvalue weighted by molar-refractivity contribution is 0.460. The Morgan fingerprint density at radius 3 is 2.74 bits per heavy atom. The van der Waals surface area contributed by atoms with Gasteiger partial charge in [0.1, 0.15) is 6.34 Å². The zero-order valence-electron chi connectivity index (χ0n) is 19.0. The number of hydrogen-bond acceptors (Lipinski definition) is 3. The Morgan fingerprint density at radius 2 is 1.94 bits per heavy atom. The molecule has 2 aromatic rings. The summed E-state index contributed by atoms with van der Waals surface area (Å²) in [7, 11) is 0. The number of rotatable bonds is 3. The highest BCUT2D eigenvalue weighted by atomic mass is 14.9. The molecule has 2 N–H and O–H groups in total. The number of aromatic nitrogens is 1. The van der Waals surface area contributed by atoms with Crippen molar-refractivity contribution in [3.8, 4) is 0 Å². The van der Waals surface area contributed by atoms with Crippen molar-refractivity contribution in [2.45, 2.75) is 70.8 Å². The van der Waals surface area contributed by atoms with E-state index < -0.39 is 0 Å². The van der Waals surface area contributed by atoms with Crippen LogP contribution in [0, 0.1) is 0 Å². The van der Waals surface area contributed by atoms with Gasteiger partial charge in [0, 0.05) is 28.7 Å². The first-order valence-corrected chi connectivity index (χ1v) is 11.9. The zero-order chi connectivity index (χ0) is 21.4. The van der Waals surface area contributed by atoms with Crippen LogP contribution in [0.25, 0.3) is 16.5 Å². The average molecular weight is 415 g/mol. The third-order valence-electron chi connectivity index (χ3n) is 7.15. The highest BCUT2D eigenvalue weighted by Crippen LogP contribution is 2.37. The van der Waals surface area contributed by atoms with E-state index in [-0.39, 0.29) is 0 Å². The molecule has 3 heterocycles. The molecule has 1 saturated heterocycles. The Kier molecular flexibility index (Phi) is 5.66. The summed E-state index contributed by atoms with van der Waals surface area (Å²) < 4.78 is 0. The lowest BCUT2D eigenvalue weighted by atomic mass is 9.88. The molecule has 3 aliphatic rings. The van der Waals surface area contributed by atoms with Crippen molar-refractivity contribution in [3.63, 3.8) is 0 Å². The molecule has 0 amide bonds. The number of allylic oxidation sites excluding steroid dienone is 4. The minimum absolute atomic E-state index is 0.367. The third kappa shape index (κ3) is 4.06. The van der Waals surface area contributed by atoms with Crippen LogP contribution in [-0.2, 0) is 0 Å². The number of H-pyrrole nitrogens is 1. The maximum atomic E-state index is 4.58. The molecule has 0 radical (unpaired) electrons. The highest BCUT2D eigenvalue weighted by molar-refractivity contribution is 6.06. The molecule has 2 aliphatic heterocycles. The van der Waals surface area contributed by atoms with Crippen molar-refractivity contribution < 1.29 is 0 Å². The van der Waals surface area contributed by atoms with Gasteiger partial charge in [-0.05, 0) is 98.0 Å². The molecular weight excluding hydrogens is 380 g/mol. The summed E-state index contributed by atoms with van der Waals surface area (Å²) >= 11 is 0. The average Bonchev–Trinajstić information content (AvgIpc) is 3.19. The van der Waals surface area contributed by atoms with Crippen molar-refractivity contribution in [2.24, 2.45) is 9.98 Å². The van der Waals surface area contributed by atoms with Gasteiger partial charge in [0.25, 0.3) is 0 Å². The van der Waals surface area contributed by atoms with Crippen molar-refractivity contribution in [3.05, 3.63) is 52.7 Å². The summed E-state index contributed by atoms with van der Waals surface area (Å²) in [5.41, 5.74) is 9.22. The first-order chi connectivity index (χ1) is 15.1. The second-order valence-electron chi connectivity index (χ2n) is 9.66. The molecule has 1 aliphatic carbocycles. The molecule has 1 aromatic carbocycles. The van der Waals surface area contributed by atoms with Crippen LogP contribution in [0.15, 0.2) is 45.9 Å². The molecule has 1 atom stereocenters. The molecule has 31 heavy (non-hydrogen) atoms. The number of benzene rings is 1. The number of fused-ring (bicyclic) bond motifs is 3. The van der Waals surface area contributed by atoms with Gasteiger partial charge in [0.2, 0.25) is 0 Å². The van der Waals surface area contributed by atoms with E-state index in [1.807, 2.05) is 0 Å². The van der Waals surface area contributed by atoms with E-state index in [9.17, 15) is 0 Å². The molecule has 4 nitrogen and oxygen atoms in total. The largest absolute Gasteiger partial charge is 0.354 e. The lowest BCUT2D eigenvalue weighted by Crippen LogP contribution is -2.26. The van der Waals surface area contributed by atoms with E-state index >= 15 is 0 Å². The van der Waals surface area contributed by atoms with Gasteiger partial charge < -0.3 is 10.3 Å². The molecule has 0 saturated carbocycles. The molecule has 1 unspecified atom stereocenters. The standard InChI is InChI=1S/C27H34N4/c1-17(2)26-23-14-20(19-9-11-28-12-10-19)7-8-24(23)31-27(26)21-5-4-6-22-15-25(18(3)13-21)30-16-29-22/h5,7-8,13-14,16-17,19,22,28,31H,4,6,9-12,15H2,1-3H3/b18-13-,21-5+. The van der Waals surface area contributed by atoms with Crippen LogP contribution in [0.3, 0.4) is 0 Å². The van der Waals surface area contributed by atoms with Crippen LogP contribution in [0.2, 0.25) is 0 Å². The number of aromatic amines is 1. The second-order valence-corrected chi connectivity index (χ2v) is 9.66. The summed E-state index contributed by atoms with van der Waals surface area (Å²) in [6, 6.07) is 7.49. The zero-order valence-corrected chi connectivity index (χ0v) is 19.0. The van der Waals surface area contributed by atoms with E-state index in [0.29, 0.717) is 17.9 Å². The van der Waals surface area contributed by atoms with Crippen LogP contribution in [0.1, 0.15) is 81.5 Å². The first-order valence-electron chi connectivity index (χ1n) is 11.9. The predicted molar refractivity (Wildman–Crippen MR) is 133 cm³/mol. The Morgan fingerprint density at radius 1 is 1.10 bits per heavy atom. The SMILES string of the molecule is C/C1=C/C(c2[nH]c3ccc(C4CCNCC4)cc3c2C(C)C)=C\CCC2CC1=NC=N2. The maximum Gasteiger partial charge on any atom is 0.110 e. The predicted octanol–water partition coefficient (Wildman–Crippen LogP) is 6.12. The minimum atomic E-state index is 0.367. The molecule has 5 rings (SSSR count). The Balaban J connectivity index is 1.60. The van der Waals surface area contributed by atoms with E-state index in [1.54, 1.807) is 6.34 Å². The summed E-state index contributed by atoms with van der Waals surface area (Å²) in [6.45, 7) is 9.09. The summed E-state index contributed by atoms with van der Waals surface area (Å²) in [5, 5.41) is 4.89. The van der Waals surface area contributed by atoms with Gasteiger partial charge >= 0.3 is 0 Å². The Bertz CT molecular complexity index is 1090. The second kappa shape index (κ2) is 8.58. The Labute approximate surface area is 185 Å². The smallest absolute Gasteiger partial charge is 0.110 e. The molecule has 1 fully saturated rings. The van der Waals surface area contributed by atoms with Crippen LogP contribution in [-0.4, -0.2) is 36.2 Å². The van der Waals surface area contributed by atoms with Crippen molar-refractivity contribution >= 4 is 28.5 Å². The number of aliphatic imine (C=N–C) groups is 2. The number of nitrogens with zero attached hydrogens (tertiary/aromatic N) is 2. The van der Waals surface area contributed by atoms with Gasteiger partial charge in [-0.15, -0.1) is 0 Å². The highest BCUT2D eigenvalue weighted by Gasteiger charge is 2.22. The molecule has 162 valence electrons. The quantitative estimate of drug-likeness (QED) is 0.624. The van der Waals surface area contributed by atoms with Crippen LogP contribution in [0.5, 0.6) is 0 Å². The van der Waals surface area contributed by atoms with E-state index in [0.717, 1.165) is 32.4 Å². The number of piperidine rings is 1. The monoisotopic (exact) mass is 414 g/mol. The summed E-state index contributed by atoms with van der Waals surface area (Å²) in [4.78, 5) is 13.0. The molecule has 0 spiro atoms.